The zero-order chi connectivity index (χ0) is 25.1. The summed E-state index contributed by atoms with van der Waals surface area (Å²) in [5.41, 5.74) is 6.89. The number of carbonyl (C=O) groups is 1. The van der Waals surface area contributed by atoms with E-state index >= 15 is 0 Å². The second kappa shape index (κ2) is 10.5. The number of halogens is 1. The van der Waals surface area contributed by atoms with Crippen LogP contribution in [0.2, 0.25) is 0 Å². The zero-order valence-electron chi connectivity index (χ0n) is 20.7. The highest BCUT2D eigenvalue weighted by molar-refractivity contribution is 5.87. The second-order valence-corrected chi connectivity index (χ2v) is 9.30. The molecule has 1 N–H and O–H groups in total. The van der Waals surface area contributed by atoms with Gasteiger partial charge in [-0.25, -0.2) is 9.18 Å². The molecule has 4 aromatic rings. The molecule has 0 spiro atoms. The molecule has 0 aliphatic heterocycles. The highest BCUT2D eigenvalue weighted by atomic mass is 19.1. The molecule has 1 aliphatic carbocycles. The fourth-order valence-electron chi connectivity index (χ4n) is 5.20. The normalized spacial score (nSPS) is 15.3. The molecule has 6 nitrogen and oxygen atoms in total. The van der Waals surface area contributed by atoms with Gasteiger partial charge in [0.25, 0.3) is 0 Å². The second-order valence-electron chi connectivity index (χ2n) is 9.30. The number of nitrogens with one attached hydrogen (secondary N) is 1. The number of nitrogens with zero attached hydrogens (tertiary/aromatic N) is 3. The summed E-state index contributed by atoms with van der Waals surface area (Å²) in [6.45, 7) is 4.62. The Morgan fingerprint density at radius 2 is 2.19 bits per heavy atom. The van der Waals surface area contributed by atoms with Crippen molar-refractivity contribution in [1.82, 2.24) is 19.7 Å². The lowest BCUT2D eigenvalue weighted by Gasteiger charge is -2.29. The molecule has 1 aliphatic rings. The van der Waals surface area contributed by atoms with E-state index < -0.39 is 0 Å². The number of carbonyl (C=O) groups excluding carboxylic acids is 1. The predicted octanol–water partition coefficient (Wildman–Crippen LogP) is 5.44. The Labute approximate surface area is 210 Å². The maximum absolute atomic E-state index is 13.6. The van der Waals surface area contributed by atoms with Gasteiger partial charge in [0.2, 0.25) is 0 Å². The van der Waals surface area contributed by atoms with E-state index in [4.69, 9.17) is 4.74 Å². The summed E-state index contributed by atoms with van der Waals surface area (Å²) in [4.78, 5) is 17.2. The first-order valence-electron chi connectivity index (χ1n) is 12.4. The fraction of sp³-hybridized carbons (Fsp3) is 0.310. The van der Waals surface area contributed by atoms with Gasteiger partial charge in [0.1, 0.15) is 5.82 Å². The molecule has 2 aromatic carbocycles. The van der Waals surface area contributed by atoms with Gasteiger partial charge in [-0.05, 0) is 72.7 Å². The number of H-pyrrole nitrogens is 1. The molecule has 0 radical (unpaired) electrons. The van der Waals surface area contributed by atoms with Gasteiger partial charge in [0.05, 0.1) is 13.3 Å². The largest absolute Gasteiger partial charge is 0.466 e. The first-order chi connectivity index (χ1) is 17.5. The van der Waals surface area contributed by atoms with Gasteiger partial charge in [0, 0.05) is 60.6 Å². The Bertz CT molecular complexity index is 1400. The first kappa shape index (κ1) is 24.0. The third-order valence-corrected chi connectivity index (χ3v) is 7.06. The van der Waals surface area contributed by atoms with Gasteiger partial charge in [-0.2, -0.15) is 5.10 Å². The lowest BCUT2D eigenvalue weighted by Crippen LogP contribution is -2.29. The maximum atomic E-state index is 13.6. The lowest BCUT2D eigenvalue weighted by atomic mass is 10.0. The quantitative estimate of drug-likeness (QED) is 0.253. The van der Waals surface area contributed by atoms with Gasteiger partial charge >= 0.3 is 5.97 Å². The van der Waals surface area contributed by atoms with Gasteiger partial charge < -0.3 is 9.72 Å². The Kier molecular flexibility index (Phi) is 7.00. The molecule has 7 heteroatoms. The Balaban J connectivity index is 1.39. The van der Waals surface area contributed by atoms with Crippen LogP contribution >= 0.6 is 0 Å². The summed E-state index contributed by atoms with van der Waals surface area (Å²) >= 11 is 0. The van der Waals surface area contributed by atoms with Crippen LogP contribution in [0, 0.1) is 5.82 Å². The number of fused-ring (bicyclic) bond motifs is 2. The Hall–Kier alpha value is -3.71. The number of hydrogen-bond acceptors (Lipinski definition) is 4. The number of ether oxygens (including phenoxy) is 1. The molecule has 0 saturated carbocycles. The van der Waals surface area contributed by atoms with Crippen molar-refractivity contribution in [2.24, 2.45) is 0 Å². The van der Waals surface area contributed by atoms with Crippen LogP contribution in [0.4, 0.5) is 4.39 Å². The smallest absolute Gasteiger partial charge is 0.330 e. The van der Waals surface area contributed by atoms with Crippen LogP contribution in [0.15, 0.2) is 61.1 Å². The number of methoxy groups -OCH3 is 1. The van der Waals surface area contributed by atoms with Crippen LogP contribution in [-0.4, -0.2) is 39.3 Å². The van der Waals surface area contributed by atoms with Gasteiger partial charge in [-0.3, -0.25) is 9.58 Å². The number of rotatable bonds is 9. The SMILES string of the molecule is CCn1cc(CN(CCc2c[nH]c3cc(F)ccc23)C2CCc3cc(/C=C/C(=O)OC)ccc32)cn1. The highest BCUT2D eigenvalue weighted by Gasteiger charge is 2.28. The molecule has 0 saturated heterocycles. The third kappa shape index (κ3) is 5.11. The van der Waals surface area contributed by atoms with Gasteiger partial charge in [-0.1, -0.05) is 18.2 Å². The standard InChI is InChI=1S/C29H31FN4O2/c1-3-34-19-21(16-32-34)18-33(13-12-23-17-31-27-15-24(30)7-9-25(23)27)28-10-6-22-14-20(4-8-26(22)28)5-11-29(35)36-2/h4-5,7-9,11,14-17,19,28,31H,3,6,10,12-13,18H2,1-2H3/b11-5+. The van der Waals surface area contributed by atoms with E-state index in [1.54, 1.807) is 12.1 Å². The monoisotopic (exact) mass is 486 g/mol. The van der Waals surface area contributed by atoms with Crippen molar-refractivity contribution >= 4 is 22.9 Å². The summed E-state index contributed by atoms with van der Waals surface area (Å²) in [6, 6.07) is 11.7. The molecule has 1 unspecified atom stereocenters. The average molecular weight is 487 g/mol. The first-order valence-corrected chi connectivity index (χ1v) is 12.4. The molecular formula is C29H31FN4O2. The summed E-state index contributed by atoms with van der Waals surface area (Å²) in [6.07, 6.45) is 12.2. The minimum atomic E-state index is -0.354. The predicted molar refractivity (Wildman–Crippen MR) is 139 cm³/mol. The van der Waals surface area contributed by atoms with Crippen molar-refractivity contribution in [2.75, 3.05) is 13.7 Å². The van der Waals surface area contributed by atoms with Gasteiger partial charge in [0.15, 0.2) is 0 Å². The Morgan fingerprint density at radius 3 is 3.00 bits per heavy atom. The highest BCUT2D eigenvalue weighted by Crippen LogP contribution is 2.37. The van der Waals surface area contributed by atoms with Crippen molar-refractivity contribution in [3.63, 3.8) is 0 Å². The minimum absolute atomic E-state index is 0.228. The number of hydrogen-bond donors (Lipinski definition) is 1. The van der Waals surface area contributed by atoms with Crippen LogP contribution < -0.4 is 0 Å². The molecular weight excluding hydrogens is 455 g/mol. The van der Waals surface area contributed by atoms with E-state index in [1.807, 2.05) is 23.1 Å². The average Bonchev–Trinajstić information content (AvgIpc) is 3.62. The molecule has 1 atom stereocenters. The molecule has 186 valence electrons. The summed E-state index contributed by atoms with van der Waals surface area (Å²) in [5, 5.41) is 5.55. The van der Waals surface area contributed by atoms with E-state index in [0.29, 0.717) is 6.04 Å². The van der Waals surface area contributed by atoms with E-state index in [-0.39, 0.29) is 11.8 Å². The van der Waals surface area contributed by atoms with E-state index in [1.165, 1.54) is 41.5 Å². The molecule has 2 aromatic heterocycles. The molecule has 36 heavy (non-hydrogen) atoms. The summed E-state index contributed by atoms with van der Waals surface area (Å²) < 4.78 is 20.3. The lowest BCUT2D eigenvalue weighted by molar-refractivity contribution is -0.134. The van der Waals surface area contributed by atoms with E-state index in [2.05, 4.69) is 46.3 Å². The van der Waals surface area contributed by atoms with Crippen LogP contribution in [0.1, 0.15) is 47.2 Å². The van der Waals surface area contributed by atoms with Crippen molar-refractivity contribution in [3.05, 3.63) is 94.7 Å². The van der Waals surface area contributed by atoms with Crippen LogP contribution in [0.5, 0.6) is 0 Å². The number of aromatic amines is 1. The maximum Gasteiger partial charge on any atom is 0.330 e. The molecule has 2 heterocycles. The number of aromatic nitrogens is 3. The van der Waals surface area contributed by atoms with Crippen molar-refractivity contribution in [3.8, 4) is 0 Å². The topological polar surface area (TPSA) is 63.2 Å². The minimum Gasteiger partial charge on any atom is -0.466 e. The van der Waals surface area contributed by atoms with Crippen molar-refractivity contribution < 1.29 is 13.9 Å². The van der Waals surface area contributed by atoms with Crippen LogP contribution in [-0.2, 0) is 35.5 Å². The number of esters is 1. The van der Waals surface area contributed by atoms with E-state index in [9.17, 15) is 9.18 Å². The zero-order valence-corrected chi connectivity index (χ0v) is 20.7. The molecule has 5 rings (SSSR count). The number of benzene rings is 2. The van der Waals surface area contributed by atoms with Crippen molar-refractivity contribution in [1.29, 1.82) is 0 Å². The Morgan fingerprint density at radius 1 is 1.31 bits per heavy atom. The van der Waals surface area contributed by atoms with E-state index in [0.717, 1.165) is 55.4 Å². The van der Waals surface area contributed by atoms with Crippen LogP contribution in [0.3, 0.4) is 0 Å². The summed E-state index contributed by atoms with van der Waals surface area (Å²) in [5.74, 6) is -0.582. The van der Waals surface area contributed by atoms with Gasteiger partial charge in [-0.15, -0.1) is 0 Å². The molecule has 0 amide bonds. The number of aryl methyl sites for hydroxylation is 2. The molecule has 0 bridgehead atoms. The molecule has 0 fully saturated rings. The van der Waals surface area contributed by atoms with Crippen molar-refractivity contribution in [2.45, 2.75) is 45.3 Å². The third-order valence-electron chi connectivity index (χ3n) is 7.06. The fourth-order valence-corrected chi connectivity index (χ4v) is 5.20. The van der Waals surface area contributed by atoms with Crippen LogP contribution in [0.25, 0.3) is 17.0 Å². The summed E-state index contributed by atoms with van der Waals surface area (Å²) in [7, 11) is 1.38.